The summed E-state index contributed by atoms with van der Waals surface area (Å²) >= 11 is 12.0. The second-order valence-electron chi connectivity index (χ2n) is 5.50. The SMILES string of the molecule is Clc1ccc([C@@H]2C[C@H](c3ccc(Cl)cc3)n3nnnc3N2)cc1. The summed E-state index contributed by atoms with van der Waals surface area (Å²) in [4.78, 5) is 0. The topological polar surface area (TPSA) is 55.6 Å². The van der Waals surface area contributed by atoms with Gasteiger partial charge in [0, 0.05) is 10.0 Å². The Morgan fingerprint density at radius 2 is 1.52 bits per heavy atom. The predicted molar refractivity (Wildman–Crippen MR) is 89.8 cm³/mol. The zero-order valence-corrected chi connectivity index (χ0v) is 13.5. The van der Waals surface area contributed by atoms with E-state index in [0.29, 0.717) is 11.0 Å². The second-order valence-corrected chi connectivity index (χ2v) is 6.37. The van der Waals surface area contributed by atoms with Crippen molar-refractivity contribution in [2.45, 2.75) is 18.5 Å². The highest BCUT2D eigenvalue weighted by Gasteiger charge is 2.30. The maximum Gasteiger partial charge on any atom is 0.243 e. The molecule has 2 atom stereocenters. The van der Waals surface area contributed by atoms with Gasteiger partial charge in [-0.25, -0.2) is 4.68 Å². The van der Waals surface area contributed by atoms with E-state index >= 15 is 0 Å². The quantitative estimate of drug-likeness (QED) is 0.758. The Bertz CT molecular complexity index is 813. The Hall–Kier alpha value is -2.11. The fourth-order valence-electron chi connectivity index (χ4n) is 2.91. The summed E-state index contributed by atoms with van der Waals surface area (Å²) in [5, 5.41) is 16.8. The van der Waals surface area contributed by atoms with Crippen LogP contribution >= 0.6 is 23.2 Å². The van der Waals surface area contributed by atoms with Crippen molar-refractivity contribution in [3.05, 3.63) is 69.7 Å². The summed E-state index contributed by atoms with van der Waals surface area (Å²) in [6, 6.07) is 15.8. The largest absolute Gasteiger partial charge is 0.346 e. The lowest BCUT2D eigenvalue weighted by Gasteiger charge is -2.31. The summed E-state index contributed by atoms with van der Waals surface area (Å²) in [5.74, 6) is 0.663. The first kappa shape index (κ1) is 14.5. The van der Waals surface area contributed by atoms with Crippen molar-refractivity contribution in [1.82, 2.24) is 20.2 Å². The van der Waals surface area contributed by atoms with Crippen LogP contribution in [0.3, 0.4) is 0 Å². The van der Waals surface area contributed by atoms with E-state index in [-0.39, 0.29) is 12.1 Å². The van der Waals surface area contributed by atoms with E-state index in [1.54, 1.807) is 0 Å². The molecule has 23 heavy (non-hydrogen) atoms. The molecule has 116 valence electrons. The number of anilines is 1. The van der Waals surface area contributed by atoms with E-state index in [2.05, 4.69) is 20.8 Å². The monoisotopic (exact) mass is 345 g/mol. The van der Waals surface area contributed by atoms with Crippen LogP contribution in [0, 0.1) is 0 Å². The molecule has 0 radical (unpaired) electrons. The normalized spacial score (nSPS) is 19.9. The van der Waals surface area contributed by atoms with Crippen LogP contribution < -0.4 is 5.32 Å². The zero-order chi connectivity index (χ0) is 15.8. The van der Waals surface area contributed by atoms with Crippen molar-refractivity contribution < 1.29 is 0 Å². The molecule has 0 spiro atoms. The van der Waals surface area contributed by atoms with E-state index < -0.39 is 0 Å². The van der Waals surface area contributed by atoms with Gasteiger partial charge in [0.25, 0.3) is 0 Å². The smallest absolute Gasteiger partial charge is 0.243 e. The lowest BCUT2D eigenvalue weighted by Crippen LogP contribution is -2.28. The summed E-state index contributed by atoms with van der Waals surface area (Å²) in [5.41, 5.74) is 2.28. The highest BCUT2D eigenvalue weighted by molar-refractivity contribution is 6.30. The lowest BCUT2D eigenvalue weighted by molar-refractivity contribution is 0.424. The third kappa shape index (κ3) is 2.78. The van der Waals surface area contributed by atoms with Crippen molar-refractivity contribution in [2.24, 2.45) is 0 Å². The molecule has 0 saturated heterocycles. The average Bonchev–Trinajstić information content (AvgIpc) is 3.04. The molecule has 1 aromatic heterocycles. The van der Waals surface area contributed by atoms with Gasteiger partial charge in [0.2, 0.25) is 5.95 Å². The average molecular weight is 346 g/mol. The fraction of sp³-hybridized carbons (Fsp3) is 0.188. The molecule has 0 aliphatic carbocycles. The first-order valence-electron chi connectivity index (χ1n) is 7.26. The van der Waals surface area contributed by atoms with Gasteiger partial charge in [0.05, 0.1) is 12.1 Å². The van der Waals surface area contributed by atoms with E-state index in [9.17, 15) is 0 Å². The number of hydrogen-bond donors (Lipinski definition) is 1. The third-order valence-corrected chi connectivity index (χ3v) is 4.58. The van der Waals surface area contributed by atoms with Crippen molar-refractivity contribution in [3.8, 4) is 0 Å². The molecular formula is C16H13Cl2N5. The number of tetrazole rings is 1. The van der Waals surface area contributed by atoms with Gasteiger partial charge >= 0.3 is 0 Å². The Labute approximate surface area is 143 Å². The van der Waals surface area contributed by atoms with Gasteiger partial charge in [-0.05, 0) is 52.2 Å². The van der Waals surface area contributed by atoms with Crippen molar-refractivity contribution in [2.75, 3.05) is 5.32 Å². The second kappa shape index (κ2) is 5.83. The van der Waals surface area contributed by atoms with Gasteiger partial charge in [-0.3, -0.25) is 0 Å². The van der Waals surface area contributed by atoms with Crippen LogP contribution in [0.25, 0.3) is 0 Å². The molecular weight excluding hydrogens is 333 g/mol. The van der Waals surface area contributed by atoms with E-state index in [4.69, 9.17) is 23.2 Å². The number of fused-ring (bicyclic) bond motifs is 1. The van der Waals surface area contributed by atoms with Gasteiger partial charge in [0.15, 0.2) is 0 Å². The number of nitrogens with one attached hydrogen (secondary N) is 1. The molecule has 1 aliphatic heterocycles. The number of aromatic nitrogens is 4. The van der Waals surface area contributed by atoms with Crippen LogP contribution in [0.1, 0.15) is 29.6 Å². The molecule has 0 bridgehead atoms. The molecule has 1 N–H and O–H groups in total. The third-order valence-electron chi connectivity index (χ3n) is 4.08. The van der Waals surface area contributed by atoms with Gasteiger partial charge < -0.3 is 5.32 Å². The minimum absolute atomic E-state index is 0.0548. The Kier molecular flexibility index (Phi) is 3.67. The van der Waals surface area contributed by atoms with Crippen LogP contribution in [-0.2, 0) is 0 Å². The van der Waals surface area contributed by atoms with Crippen molar-refractivity contribution >= 4 is 29.2 Å². The van der Waals surface area contributed by atoms with Crippen molar-refractivity contribution in [1.29, 1.82) is 0 Å². The Morgan fingerprint density at radius 3 is 2.17 bits per heavy atom. The van der Waals surface area contributed by atoms with Crippen LogP contribution in [0.2, 0.25) is 10.0 Å². The first-order valence-corrected chi connectivity index (χ1v) is 8.01. The molecule has 0 fully saturated rings. The number of rotatable bonds is 2. The summed E-state index contributed by atoms with van der Waals surface area (Å²) in [6.07, 6.45) is 0.835. The molecule has 7 heteroatoms. The van der Waals surface area contributed by atoms with E-state index in [0.717, 1.165) is 22.6 Å². The number of halogens is 2. The Balaban J connectivity index is 1.71. The molecule has 0 saturated carbocycles. The summed E-state index contributed by atoms with van der Waals surface area (Å²) in [7, 11) is 0. The van der Waals surface area contributed by atoms with Crippen LogP contribution in [-0.4, -0.2) is 20.2 Å². The van der Waals surface area contributed by atoms with Gasteiger partial charge in [-0.2, -0.15) is 0 Å². The number of nitrogens with zero attached hydrogens (tertiary/aromatic N) is 4. The molecule has 0 unspecified atom stereocenters. The Morgan fingerprint density at radius 1 is 0.913 bits per heavy atom. The fourth-order valence-corrected chi connectivity index (χ4v) is 3.17. The molecule has 3 aromatic rings. The van der Waals surface area contributed by atoms with Gasteiger partial charge in [-0.15, -0.1) is 0 Å². The minimum Gasteiger partial charge on any atom is -0.346 e. The standard InChI is InChI=1S/C16H13Cl2N5/c17-12-5-1-10(2-6-12)14-9-15(11-3-7-13(18)8-4-11)23-16(19-14)20-21-22-23/h1-8,14-15H,9H2,(H,19,20,22)/t14-,15+/m0/s1. The summed E-state index contributed by atoms with van der Waals surface area (Å²) < 4.78 is 1.82. The first-order chi connectivity index (χ1) is 11.2. The molecule has 0 amide bonds. The maximum absolute atomic E-state index is 6.00. The highest BCUT2D eigenvalue weighted by atomic mass is 35.5. The minimum atomic E-state index is 0.0548. The van der Waals surface area contributed by atoms with E-state index in [1.165, 1.54) is 0 Å². The highest BCUT2D eigenvalue weighted by Crippen LogP contribution is 2.37. The van der Waals surface area contributed by atoms with Gasteiger partial charge in [-0.1, -0.05) is 52.6 Å². The number of hydrogen-bond acceptors (Lipinski definition) is 4. The molecule has 1 aliphatic rings. The molecule has 2 heterocycles. The molecule has 4 rings (SSSR count). The van der Waals surface area contributed by atoms with E-state index in [1.807, 2.05) is 53.2 Å². The molecule has 2 aromatic carbocycles. The van der Waals surface area contributed by atoms with Gasteiger partial charge in [0.1, 0.15) is 0 Å². The maximum atomic E-state index is 6.00. The van der Waals surface area contributed by atoms with Crippen LogP contribution in [0.5, 0.6) is 0 Å². The number of benzene rings is 2. The van der Waals surface area contributed by atoms with Crippen molar-refractivity contribution in [3.63, 3.8) is 0 Å². The summed E-state index contributed by atoms with van der Waals surface area (Å²) in [6.45, 7) is 0. The van der Waals surface area contributed by atoms with Crippen LogP contribution in [0.15, 0.2) is 48.5 Å². The van der Waals surface area contributed by atoms with Crippen LogP contribution in [0.4, 0.5) is 5.95 Å². The zero-order valence-electron chi connectivity index (χ0n) is 12.0. The molecule has 5 nitrogen and oxygen atoms in total. The predicted octanol–water partition coefficient (Wildman–Crippen LogP) is 4.13. The lowest BCUT2D eigenvalue weighted by atomic mass is 9.93.